The second-order valence-corrected chi connectivity index (χ2v) is 6.63. The number of piperidine rings is 1. The fourth-order valence-corrected chi connectivity index (χ4v) is 3.15. The van der Waals surface area contributed by atoms with Gasteiger partial charge in [-0.25, -0.2) is 0 Å². The zero-order valence-corrected chi connectivity index (χ0v) is 11.8. The van der Waals surface area contributed by atoms with Crippen molar-refractivity contribution in [2.24, 2.45) is 5.92 Å². The number of allylic oxidation sites excluding steroid dienone is 2. The standard InChI is InChI=1S/C15H29N/c1-6-7-8-9-10-13-11-14(2,3)16-15(4,5)12-13/h9-10,13,16H,6-8,11-12H2,1-5H3/b10-9-. The molecule has 0 aliphatic carbocycles. The first-order valence-corrected chi connectivity index (χ1v) is 6.81. The highest BCUT2D eigenvalue weighted by atomic mass is 15.0. The second kappa shape index (κ2) is 5.35. The van der Waals surface area contributed by atoms with Crippen LogP contribution in [0.3, 0.4) is 0 Å². The van der Waals surface area contributed by atoms with Gasteiger partial charge in [0.15, 0.2) is 0 Å². The van der Waals surface area contributed by atoms with Gasteiger partial charge in [0.2, 0.25) is 0 Å². The lowest BCUT2D eigenvalue weighted by atomic mass is 9.76. The van der Waals surface area contributed by atoms with E-state index in [-0.39, 0.29) is 11.1 Å². The molecule has 0 saturated carbocycles. The van der Waals surface area contributed by atoms with E-state index in [0.29, 0.717) is 0 Å². The molecule has 0 atom stereocenters. The molecule has 0 spiro atoms. The third-order valence-corrected chi connectivity index (χ3v) is 3.35. The lowest BCUT2D eigenvalue weighted by Gasteiger charge is -2.46. The number of rotatable bonds is 4. The fraction of sp³-hybridized carbons (Fsp3) is 0.867. The molecule has 94 valence electrons. The van der Waals surface area contributed by atoms with E-state index in [1.807, 2.05) is 0 Å². The number of hydrogen-bond acceptors (Lipinski definition) is 1. The summed E-state index contributed by atoms with van der Waals surface area (Å²) < 4.78 is 0. The SMILES string of the molecule is CCCC/C=C\C1CC(C)(C)NC(C)(C)C1. The van der Waals surface area contributed by atoms with Crippen molar-refractivity contribution < 1.29 is 0 Å². The van der Waals surface area contributed by atoms with E-state index in [1.54, 1.807) is 0 Å². The van der Waals surface area contributed by atoms with Crippen LogP contribution in [0, 0.1) is 5.92 Å². The minimum Gasteiger partial charge on any atom is -0.307 e. The Morgan fingerprint density at radius 2 is 1.69 bits per heavy atom. The van der Waals surface area contributed by atoms with Gasteiger partial charge >= 0.3 is 0 Å². The first-order chi connectivity index (χ1) is 7.35. The Kier molecular flexibility index (Phi) is 4.61. The van der Waals surface area contributed by atoms with Crippen LogP contribution in [0.15, 0.2) is 12.2 Å². The molecule has 0 bridgehead atoms. The molecule has 16 heavy (non-hydrogen) atoms. The predicted molar refractivity (Wildman–Crippen MR) is 72.7 cm³/mol. The van der Waals surface area contributed by atoms with E-state index >= 15 is 0 Å². The molecule has 1 fully saturated rings. The van der Waals surface area contributed by atoms with Crippen LogP contribution in [0.25, 0.3) is 0 Å². The highest BCUT2D eigenvalue weighted by molar-refractivity contribution is 5.03. The summed E-state index contributed by atoms with van der Waals surface area (Å²) in [6.07, 6.45) is 11.3. The van der Waals surface area contributed by atoms with Crippen molar-refractivity contribution in [2.45, 2.75) is 77.8 Å². The van der Waals surface area contributed by atoms with Crippen molar-refractivity contribution in [2.75, 3.05) is 0 Å². The van der Waals surface area contributed by atoms with Gasteiger partial charge in [-0.2, -0.15) is 0 Å². The molecule has 0 radical (unpaired) electrons. The summed E-state index contributed by atoms with van der Waals surface area (Å²) in [5, 5.41) is 3.73. The van der Waals surface area contributed by atoms with Gasteiger partial charge in [-0.05, 0) is 52.9 Å². The van der Waals surface area contributed by atoms with Crippen LogP contribution in [0.4, 0.5) is 0 Å². The van der Waals surface area contributed by atoms with Gasteiger partial charge in [-0.3, -0.25) is 0 Å². The van der Waals surface area contributed by atoms with Crippen LogP contribution in [-0.2, 0) is 0 Å². The molecule has 1 N–H and O–H groups in total. The molecule has 0 unspecified atom stereocenters. The zero-order chi connectivity index (χ0) is 12.2. The molecule has 0 aromatic heterocycles. The van der Waals surface area contributed by atoms with Gasteiger partial charge in [0, 0.05) is 11.1 Å². The maximum Gasteiger partial charge on any atom is 0.0135 e. The topological polar surface area (TPSA) is 12.0 Å². The van der Waals surface area contributed by atoms with Crippen LogP contribution in [0.2, 0.25) is 0 Å². The Bertz CT molecular complexity index is 222. The van der Waals surface area contributed by atoms with Crippen LogP contribution < -0.4 is 5.32 Å². The predicted octanol–water partition coefficient (Wildman–Crippen LogP) is 4.29. The highest BCUT2D eigenvalue weighted by Gasteiger charge is 2.36. The summed E-state index contributed by atoms with van der Waals surface area (Å²) in [4.78, 5) is 0. The van der Waals surface area contributed by atoms with Crippen LogP contribution >= 0.6 is 0 Å². The minimum atomic E-state index is 0.279. The molecular weight excluding hydrogens is 194 g/mol. The third-order valence-electron chi connectivity index (χ3n) is 3.35. The molecule has 1 aliphatic rings. The number of unbranched alkanes of at least 4 members (excludes halogenated alkanes) is 2. The minimum absolute atomic E-state index is 0.279. The van der Waals surface area contributed by atoms with Crippen molar-refractivity contribution in [3.8, 4) is 0 Å². The summed E-state index contributed by atoms with van der Waals surface area (Å²) in [6.45, 7) is 11.5. The second-order valence-electron chi connectivity index (χ2n) is 6.63. The van der Waals surface area contributed by atoms with Crippen molar-refractivity contribution in [3.63, 3.8) is 0 Å². The molecule has 0 amide bonds. The Morgan fingerprint density at radius 1 is 1.12 bits per heavy atom. The number of nitrogens with one attached hydrogen (secondary N) is 1. The summed E-state index contributed by atoms with van der Waals surface area (Å²) in [5.41, 5.74) is 0.559. The molecule has 1 aliphatic heterocycles. The summed E-state index contributed by atoms with van der Waals surface area (Å²) in [5.74, 6) is 0.753. The average Bonchev–Trinajstić information content (AvgIpc) is 2.07. The van der Waals surface area contributed by atoms with Gasteiger partial charge in [-0.15, -0.1) is 0 Å². The van der Waals surface area contributed by atoms with E-state index in [0.717, 1.165) is 5.92 Å². The monoisotopic (exact) mass is 223 g/mol. The quantitative estimate of drug-likeness (QED) is 0.554. The Hall–Kier alpha value is -0.300. The normalized spacial score (nSPS) is 25.1. The van der Waals surface area contributed by atoms with Crippen LogP contribution in [0.1, 0.15) is 66.7 Å². The summed E-state index contributed by atoms with van der Waals surface area (Å²) >= 11 is 0. The van der Waals surface area contributed by atoms with E-state index in [2.05, 4.69) is 52.1 Å². The molecule has 1 rings (SSSR count). The molecule has 0 aromatic carbocycles. The maximum atomic E-state index is 3.73. The maximum absolute atomic E-state index is 3.73. The van der Waals surface area contributed by atoms with Crippen molar-refractivity contribution in [1.29, 1.82) is 0 Å². The van der Waals surface area contributed by atoms with Gasteiger partial charge in [0.25, 0.3) is 0 Å². The van der Waals surface area contributed by atoms with Gasteiger partial charge in [-0.1, -0.05) is 31.9 Å². The summed E-state index contributed by atoms with van der Waals surface area (Å²) in [7, 11) is 0. The van der Waals surface area contributed by atoms with E-state index < -0.39 is 0 Å². The molecule has 1 heterocycles. The molecule has 1 heteroatoms. The lowest BCUT2D eigenvalue weighted by molar-refractivity contribution is 0.150. The molecular formula is C15H29N. The van der Waals surface area contributed by atoms with Crippen molar-refractivity contribution in [1.82, 2.24) is 5.32 Å². The number of hydrogen-bond donors (Lipinski definition) is 1. The highest BCUT2D eigenvalue weighted by Crippen LogP contribution is 2.33. The van der Waals surface area contributed by atoms with E-state index in [1.165, 1.54) is 32.1 Å². The molecule has 0 aromatic rings. The first-order valence-electron chi connectivity index (χ1n) is 6.81. The Balaban J connectivity index is 2.51. The van der Waals surface area contributed by atoms with Gasteiger partial charge < -0.3 is 5.32 Å². The Labute approximate surface area is 102 Å². The zero-order valence-electron chi connectivity index (χ0n) is 11.8. The van der Waals surface area contributed by atoms with E-state index in [9.17, 15) is 0 Å². The molecule has 1 nitrogen and oxygen atoms in total. The van der Waals surface area contributed by atoms with Gasteiger partial charge in [0.05, 0.1) is 0 Å². The van der Waals surface area contributed by atoms with Crippen molar-refractivity contribution >= 4 is 0 Å². The van der Waals surface area contributed by atoms with Crippen molar-refractivity contribution in [3.05, 3.63) is 12.2 Å². The van der Waals surface area contributed by atoms with Crippen LogP contribution in [-0.4, -0.2) is 11.1 Å². The van der Waals surface area contributed by atoms with E-state index in [4.69, 9.17) is 0 Å². The van der Waals surface area contributed by atoms with Crippen LogP contribution in [0.5, 0.6) is 0 Å². The smallest absolute Gasteiger partial charge is 0.0135 e. The lowest BCUT2D eigenvalue weighted by Crippen LogP contribution is -2.57. The average molecular weight is 223 g/mol. The van der Waals surface area contributed by atoms with Gasteiger partial charge in [0.1, 0.15) is 0 Å². The molecule has 1 saturated heterocycles. The Morgan fingerprint density at radius 3 is 2.19 bits per heavy atom. The largest absolute Gasteiger partial charge is 0.307 e. The third kappa shape index (κ3) is 4.69. The summed E-state index contributed by atoms with van der Waals surface area (Å²) in [6, 6.07) is 0. The fourth-order valence-electron chi connectivity index (χ4n) is 3.15. The first kappa shape index (κ1) is 13.8.